The molecule has 1 N–H and O–H groups in total. The summed E-state index contributed by atoms with van der Waals surface area (Å²) in [4.78, 5) is 20.9. The Labute approximate surface area is 146 Å². The molecule has 1 unspecified atom stereocenters. The maximum absolute atomic E-state index is 12.9. The molecule has 0 saturated carbocycles. The summed E-state index contributed by atoms with van der Waals surface area (Å²) in [5, 5.41) is 0. The minimum absolute atomic E-state index is 0.186. The summed E-state index contributed by atoms with van der Waals surface area (Å²) in [6.07, 6.45) is 3.68. The van der Waals surface area contributed by atoms with Gasteiger partial charge in [0.15, 0.2) is 0 Å². The molecule has 1 spiro atoms. The van der Waals surface area contributed by atoms with E-state index in [9.17, 15) is 4.79 Å². The van der Waals surface area contributed by atoms with Crippen molar-refractivity contribution in [2.45, 2.75) is 53.9 Å². The first kappa shape index (κ1) is 17.5. The van der Waals surface area contributed by atoms with Crippen LogP contribution in [0.2, 0.25) is 0 Å². The molecular formula is C20H33N3O. The van der Waals surface area contributed by atoms with Gasteiger partial charge in [-0.1, -0.05) is 20.8 Å². The summed E-state index contributed by atoms with van der Waals surface area (Å²) in [5.41, 5.74) is 3.57. The lowest BCUT2D eigenvalue weighted by Gasteiger charge is -2.42. The fraction of sp³-hybridized carbons (Fsp3) is 0.750. The average Bonchev–Trinajstić information content (AvgIpc) is 3.00. The van der Waals surface area contributed by atoms with Crippen LogP contribution >= 0.6 is 0 Å². The maximum atomic E-state index is 12.9. The zero-order chi connectivity index (χ0) is 17.5. The number of nitrogens with one attached hydrogen (secondary N) is 1. The van der Waals surface area contributed by atoms with Crippen LogP contribution in [-0.2, 0) is 0 Å². The van der Waals surface area contributed by atoms with Crippen LogP contribution < -0.4 is 0 Å². The number of rotatable bonds is 2. The highest BCUT2D eigenvalue weighted by atomic mass is 16.2. The van der Waals surface area contributed by atoms with Gasteiger partial charge in [-0.15, -0.1) is 0 Å². The smallest absolute Gasteiger partial charge is 0.270 e. The zero-order valence-electron chi connectivity index (χ0n) is 16.0. The summed E-state index contributed by atoms with van der Waals surface area (Å²) >= 11 is 0. The van der Waals surface area contributed by atoms with E-state index in [1.165, 1.54) is 19.4 Å². The van der Waals surface area contributed by atoms with E-state index in [4.69, 9.17) is 0 Å². The molecule has 1 aromatic rings. The van der Waals surface area contributed by atoms with Gasteiger partial charge in [-0.25, -0.2) is 0 Å². The third kappa shape index (κ3) is 3.69. The summed E-state index contributed by atoms with van der Waals surface area (Å²) in [7, 11) is 0. The SMILES string of the molecule is Cc1cc(C)c(C(=O)N2CCC3(CCCN(CC(C)(C)C)C3)C2)[nH]1. The third-order valence-corrected chi connectivity index (χ3v) is 5.53. The van der Waals surface area contributed by atoms with Gasteiger partial charge in [-0.05, 0) is 56.7 Å². The normalized spacial score (nSPS) is 25.6. The van der Waals surface area contributed by atoms with E-state index < -0.39 is 0 Å². The van der Waals surface area contributed by atoms with E-state index in [0.29, 0.717) is 10.8 Å². The van der Waals surface area contributed by atoms with Crippen LogP contribution in [0.3, 0.4) is 0 Å². The van der Waals surface area contributed by atoms with Gasteiger partial charge >= 0.3 is 0 Å². The summed E-state index contributed by atoms with van der Waals surface area (Å²) in [6.45, 7) is 16.3. The molecule has 134 valence electrons. The van der Waals surface area contributed by atoms with Gasteiger partial charge in [0.25, 0.3) is 5.91 Å². The second kappa shape index (κ2) is 6.21. The Morgan fingerprint density at radius 1 is 1.21 bits per heavy atom. The Morgan fingerprint density at radius 3 is 2.58 bits per heavy atom. The summed E-state index contributed by atoms with van der Waals surface area (Å²) in [6, 6.07) is 2.06. The van der Waals surface area contributed by atoms with E-state index in [-0.39, 0.29) is 5.91 Å². The highest BCUT2D eigenvalue weighted by Crippen LogP contribution is 2.40. The van der Waals surface area contributed by atoms with Crippen molar-refractivity contribution in [3.8, 4) is 0 Å². The first-order valence-electron chi connectivity index (χ1n) is 9.35. The van der Waals surface area contributed by atoms with Gasteiger partial charge in [0, 0.05) is 37.3 Å². The summed E-state index contributed by atoms with van der Waals surface area (Å²) in [5.74, 6) is 0.186. The highest BCUT2D eigenvalue weighted by molar-refractivity contribution is 5.94. The van der Waals surface area contributed by atoms with Crippen LogP contribution in [0.4, 0.5) is 0 Å². The lowest BCUT2D eigenvalue weighted by Crippen LogP contribution is -2.47. The van der Waals surface area contributed by atoms with Crippen molar-refractivity contribution < 1.29 is 4.79 Å². The van der Waals surface area contributed by atoms with Gasteiger partial charge in [0.05, 0.1) is 0 Å². The predicted molar refractivity (Wildman–Crippen MR) is 98.3 cm³/mol. The molecular weight excluding hydrogens is 298 g/mol. The number of piperidine rings is 1. The Morgan fingerprint density at radius 2 is 1.96 bits per heavy atom. The number of carbonyl (C=O) groups is 1. The number of H-pyrrole nitrogens is 1. The van der Waals surface area contributed by atoms with Gasteiger partial charge in [-0.2, -0.15) is 0 Å². The first-order valence-corrected chi connectivity index (χ1v) is 9.35. The molecule has 1 atom stereocenters. The van der Waals surface area contributed by atoms with Crippen LogP contribution in [0.15, 0.2) is 6.07 Å². The Bertz CT molecular complexity index is 613. The van der Waals surface area contributed by atoms with Crippen LogP contribution in [0.25, 0.3) is 0 Å². The zero-order valence-corrected chi connectivity index (χ0v) is 16.0. The van der Waals surface area contributed by atoms with Crippen molar-refractivity contribution in [3.63, 3.8) is 0 Å². The number of amides is 1. The molecule has 2 fully saturated rings. The van der Waals surface area contributed by atoms with Crippen LogP contribution in [-0.4, -0.2) is 53.4 Å². The molecule has 3 heterocycles. The van der Waals surface area contributed by atoms with Gasteiger partial charge in [-0.3, -0.25) is 4.79 Å². The van der Waals surface area contributed by atoms with Crippen molar-refractivity contribution in [1.29, 1.82) is 0 Å². The van der Waals surface area contributed by atoms with Crippen LogP contribution in [0.5, 0.6) is 0 Å². The summed E-state index contributed by atoms with van der Waals surface area (Å²) < 4.78 is 0. The van der Waals surface area contributed by atoms with E-state index in [2.05, 4.69) is 41.6 Å². The molecule has 0 bridgehead atoms. The molecule has 24 heavy (non-hydrogen) atoms. The van der Waals surface area contributed by atoms with Crippen LogP contribution in [0.1, 0.15) is 61.8 Å². The largest absolute Gasteiger partial charge is 0.354 e. The molecule has 4 heteroatoms. The van der Waals surface area contributed by atoms with Crippen molar-refractivity contribution in [2.75, 3.05) is 32.7 Å². The molecule has 0 radical (unpaired) electrons. The number of likely N-dealkylation sites (tertiary alicyclic amines) is 2. The molecule has 4 nitrogen and oxygen atoms in total. The van der Waals surface area contributed by atoms with Gasteiger partial charge in [0.1, 0.15) is 5.69 Å². The molecule has 2 saturated heterocycles. The topological polar surface area (TPSA) is 39.3 Å². The molecule has 1 amide bonds. The van der Waals surface area contributed by atoms with Gasteiger partial charge < -0.3 is 14.8 Å². The fourth-order valence-corrected chi connectivity index (χ4v) is 4.67. The average molecular weight is 332 g/mol. The van der Waals surface area contributed by atoms with Crippen molar-refractivity contribution in [1.82, 2.24) is 14.8 Å². The number of aromatic amines is 1. The monoisotopic (exact) mass is 331 g/mol. The number of aromatic nitrogens is 1. The van der Waals surface area contributed by atoms with E-state index in [0.717, 1.165) is 49.6 Å². The molecule has 2 aliphatic rings. The maximum Gasteiger partial charge on any atom is 0.270 e. The third-order valence-electron chi connectivity index (χ3n) is 5.53. The number of hydrogen-bond acceptors (Lipinski definition) is 2. The first-order chi connectivity index (χ1) is 11.2. The second-order valence-electron chi connectivity index (χ2n) is 9.36. The lowest BCUT2D eigenvalue weighted by atomic mass is 9.78. The van der Waals surface area contributed by atoms with Crippen LogP contribution in [0, 0.1) is 24.7 Å². The predicted octanol–water partition coefficient (Wildman–Crippen LogP) is 3.61. The van der Waals surface area contributed by atoms with Crippen molar-refractivity contribution in [2.24, 2.45) is 10.8 Å². The molecule has 0 aliphatic carbocycles. The van der Waals surface area contributed by atoms with E-state index in [1.54, 1.807) is 0 Å². The van der Waals surface area contributed by atoms with Gasteiger partial charge in [0.2, 0.25) is 0 Å². The van der Waals surface area contributed by atoms with Crippen molar-refractivity contribution >= 4 is 5.91 Å². The minimum Gasteiger partial charge on any atom is -0.354 e. The highest BCUT2D eigenvalue weighted by Gasteiger charge is 2.43. The number of hydrogen-bond donors (Lipinski definition) is 1. The molecule has 0 aromatic carbocycles. The number of nitrogens with zero attached hydrogens (tertiary/aromatic N) is 2. The fourth-order valence-electron chi connectivity index (χ4n) is 4.67. The molecule has 3 rings (SSSR count). The van der Waals surface area contributed by atoms with E-state index in [1.807, 2.05) is 13.8 Å². The molecule has 2 aliphatic heterocycles. The molecule has 1 aromatic heterocycles. The Kier molecular flexibility index (Phi) is 4.54. The standard InChI is InChI=1S/C20H33N3O/c1-15-11-16(2)21-17(15)18(24)23-10-8-20(14-23)7-6-9-22(13-20)12-19(3,4)5/h11,21H,6-10,12-14H2,1-5H3. The minimum atomic E-state index is 0.186. The number of aryl methyl sites for hydroxylation is 2. The quantitative estimate of drug-likeness (QED) is 0.899. The lowest BCUT2D eigenvalue weighted by molar-refractivity contribution is 0.0592. The number of carbonyl (C=O) groups excluding carboxylic acids is 1. The Hall–Kier alpha value is -1.29. The van der Waals surface area contributed by atoms with E-state index >= 15 is 0 Å². The Balaban J connectivity index is 1.67. The second-order valence-corrected chi connectivity index (χ2v) is 9.36. The van der Waals surface area contributed by atoms with Crippen molar-refractivity contribution in [3.05, 3.63) is 23.0 Å².